The Labute approximate surface area is 122 Å². The summed E-state index contributed by atoms with van der Waals surface area (Å²) >= 11 is 0. The molecule has 0 aromatic carbocycles. The lowest BCUT2D eigenvalue weighted by Gasteiger charge is -2.32. The van der Waals surface area contributed by atoms with Gasteiger partial charge in [-0.3, -0.25) is 4.21 Å². The molecule has 20 heavy (non-hydrogen) atoms. The maximum absolute atomic E-state index is 11.3. The highest BCUT2D eigenvalue weighted by Gasteiger charge is 2.51. The Hall–Kier alpha value is -0.915. The Morgan fingerprint density at radius 1 is 1.25 bits per heavy atom. The van der Waals surface area contributed by atoms with Crippen LogP contribution in [-0.4, -0.2) is 33.8 Å². The molecule has 5 nitrogen and oxygen atoms in total. The monoisotopic (exact) mass is 296 g/mol. The van der Waals surface area contributed by atoms with Crippen molar-refractivity contribution in [3.63, 3.8) is 0 Å². The van der Waals surface area contributed by atoms with Gasteiger partial charge in [0, 0.05) is 17.1 Å². The molecule has 0 aliphatic carbocycles. The Kier molecular flexibility index (Phi) is 3.97. The number of nitrogen functional groups attached to an aromatic ring is 1. The number of nitrogens with zero attached hydrogens (tertiary/aromatic N) is 1. The first kappa shape index (κ1) is 15.5. The lowest BCUT2D eigenvalue weighted by molar-refractivity contribution is 0.00578. The van der Waals surface area contributed by atoms with Crippen LogP contribution < -0.4 is 11.2 Å². The molecule has 1 aliphatic heterocycles. The van der Waals surface area contributed by atoms with Gasteiger partial charge in [-0.2, -0.15) is 0 Å². The summed E-state index contributed by atoms with van der Waals surface area (Å²) in [6, 6.07) is 3.59. The van der Waals surface area contributed by atoms with Gasteiger partial charge in [-0.05, 0) is 45.3 Å². The first-order valence-electron chi connectivity index (χ1n) is 6.53. The van der Waals surface area contributed by atoms with Crippen molar-refractivity contribution >= 4 is 29.2 Å². The van der Waals surface area contributed by atoms with Gasteiger partial charge < -0.3 is 15.0 Å². The first-order valence-corrected chi connectivity index (χ1v) is 8.25. The van der Waals surface area contributed by atoms with Gasteiger partial charge >= 0.3 is 7.12 Å². The number of nitrogens with two attached hydrogens (primary N) is 1. The molecule has 2 heterocycles. The van der Waals surface area contributed by atoms with Crippen molar-refractivity contribution in [2.75, 3.05) is 12.0 Å². The van der Waals surface area contributed by atoms with Crippen molar-refractivity contribution in [3.05, 3.63) is 17.8 Å². The lowest BCUT2D eigenvalue weighted by Crippen LogP contribution is -2.41. The minimum Gasteiger partial charge on any atom is -0.399 e. The SMILES string of the molecule is CS(=O)Cc1cc(B2OC(C)(C)C(C)(C)O2)cc(N)n1. The molecule has 1 aliphatic rings. The number of anilines is 1. The van der Waals surface area contributed by atoms with Gasteiger partial charge in [-0.1, -0.05) is 0 Å². The quantitative estimate of drug-likeness (QED) is 0.837. The molecular formula is C13H21BN2O3S. The number of hydrogen-bond acceptors (Lipinski definition) is 5. The number of hydrogen-bond donors (Lipinski definition) is 1. The molecule has 2 rings (SSSR count). The minimum absolute atomic E-state index is 0.373. The largest absolute Gasteiger partial charge is 0.495 e. The smallest absolute Gasteiger partial charge is 0.399 e. The van der Waals surface area contributed by atoms with Crippen LogP contribution in [0.3, 0.4) is 0 Å². The van der Waals surface area contributed by atoms with Gasteiger partial charge in [0.15, 0.2) is 0 Å². The normalized spacial score (nSPS) is 21.9. The van der Waals surface area contributed by atoms with E-state index in [2.05, 4.69) is 4.98 Å². The third-order valence-electron chi connectivity index (χ3n) is 3.80. The Bertz CT molecular complexity index is 532. The van der Waals surface area contributed by atoms with Crippen LogP contribution in [-0.2, 0) is 25.9 Å². The molecule has 1 atom stereocenters. The van der Waals surface area contributed by atoms with Crippen molar-refractivity contribution < 1.29 is 13.5 Å². The highest BCUT2D eigenvalue weighted by atomic mass is 32.2. The number of aromatic nitrogens is 1. The highest BCUT2D eigenvalue weighted by Crippen LogP contribution is 2.36. The van der Waals surface area contributed by atoms with E-state index < -0.39 is 29.1 Å². The topological polar surface area (TPSA) is 74.4 Å². The fourth-order valence-electron chi connectivity index (χ4n) is 2.03. The van der Waals surface area contributed by atoms with Crippen LogP contribution in [0, 0.1) is 0 Å². The standard InChI is InChI=1S/C13H21BN2O3S/c1-12(2)13(3,4)19-14(18-12)9-6-10(8-20(5)17)16-11(15)7-9/h6-7H,8H2,1-5H3,(H2,15,16). The van der Waals surface area contributed by atoms with E-state index in [-0.39, 0.29) is 0 Å². The Balaban J connectivity index is 2.30. The van der Waals surface area contributed by atoms with Crippen LogP contribution in [0.4, 0.5) is 5.82 Å². The second-order valence-corrected chi connectivity index (χ2v) is 7.56. The van der Waals surface area contributed by atoms with Crippen molar-refractivity contribution in [2.24, 2.45) is 0 Å². The van der Waals surface area contributed by atoms with E-state index in [1.165, 1.54) is 0 Å². The zero-order chi connectivity index (χ0) is 15.1. The predicted molar refractivity (Wildman–Crippen MR) is 82.1 cm³/mol. The van der Waals surface area contributed by atoms with E-state index in [9.17, 15) is 4.21 Å². The summed E-state index contributed by atoms with van der Waals surface area (Å²) in [7, 11) is -1.44. The molecule has 2 N–H and O–H groups in total. The van der Waals surface area contributed by atoms with E-state index in [1.54, 1.807) is 12.3 Å². The molecule has 1 aromatic rings. The second kappa shape index (κ2) is 5.13. The summed E-state index contributed by atoms with van der Waals surface area (Å²) < 4.78 is 23.3. The van der Waals surface area contributed by atoms with Crippen molar-refractivity contribution in [1.29, 1.82) is 0 Å². The van der Waals surface area contributed by atoms with Gasteiger partial charge in [-0.25, -0.2) is 4.98 Å². The van der Waals surface area contributed by atoms with Crippen molar-refractivity contribution in [3.8, 4) is 0 Å². The van der Waals surface area contributed by atoms with Crippen molar-refractivity contribution in [2.45, 2.75) is 44.6 Å². The van der Waals surface area contributed by atoms with Crippen LogP contribution >= 0.6 is 0 Å². The van der Waals surface area contributed by atoms with Gasteiger partial charge in [-0.15, -0.1) is 0 Å². The zero-order valence-corrected chi connectivity index (χ0v) is 13.4. The molecule has 0 saturated carbocycles. The molecule has 0 amide bonds. The van der Waals surface area contributed by atoms with Gasteiger partial charge in [0.25, 0.3) is 0 Å². The van der Waals surface area contributed by atoms with Crippen LogP contribution in [0.25, 0.3) is 0 Å². The predicted octanol–water partition coefficient (Wildman–Crippen LogP) is 0.841. The molecule has 1 saturated heterocycles. The summed E-state index contributed by atoms with van der Waals surface area (Å²) in [5.74, 6) is 0.759. The summed E-state index contributed by atoms with van der Waals surface area (Å²) in [4.78, 5) is 4.19. The van der Waals surface area contributed by atoms with Gasteiger partial charge in [0.05, 0.1) is 22.6 Å². The summed E-state index contributed by atoms with van der Waals surface area (Å²) in [6.45, 7) is 8.00. The average molecular weight is 296 g/mol. The highest BCUT2D eigenvalue weighted by molar-refractivity contribution is 7.83. The maximum atomic E-state index is 11.3. The first-order chi connectivity index (χ1) is 9.10. The fourth-order valence-corrected chi connectivity index (χ4v) is 2.60. The molecule has 0 bridgehead atoms. The van der Waals surface area contributed by atoms with Crippen LogP contribution in [0.5, 0.6) is 0 Å². The number of pyridine rings is 1. The molecule has 7 heteroatoms. The van der Waals surface area contributed by atoms with Crippen LogP contribution in [0.2, 0.25) is 0 Å². The van der Waals surface area contributed by atoms with Crippen molar-refractivity contribution in [1.82, 2.24) is 4.98 Å². The third-order valence-corrected chi connectivity index (χ3v) is 4.50. The van der Waals surface area contributed by atoms with E-state index in [0.29, 0.717) is 17.3 Å². The summed E-state index contributed by atoms with van der Waals surface area (Å²) in [5, 5.41) is 0. The van der Waals surface area contributed by atoms with Crippen LogP contribution in [0.1, 0.15) is 33.4 Å². The molecule has 1 aromatic heterocycles. The summed E-state index contributed by atoms with van der Waals surface area (Å²) in [5.41, 5.74) is 6.52. The second-order valence-electron chi connectivity index (χ2n) is 6.12. The van der Waals surface area contributed by atoms with Gasteiger partial charge in [0.2, 0.25) is 0 Å². The minimum atomic E-state index is -0.965. The Morgan fingerprint density at radius 3 is 2.30 bits per heavy atom. The summed E-state index contributed by atoms with van der Waals surface area (Å²) in [6.07, 6.45) is 1.64. The zero-order valence-electron chi connectivity index (χ0n) is 12.6. The average Bonchev–Trinajstić information content (AvgIpc) is 2.46. The third kappa shape index (κ3) is 3.05. The van der Waals surface area contributed by atoms with E-state index in [0.717, 1.165) is 5.46 Å². The van der Waals surface area contributed by atoms with E-state index in [4.69, 9.17) is 15.0 Å². The molecule has 0 spiro atoms. The fraction of sp³-hybridized carbons (Fsp3) is 0.615. The molecular weight excluding hydrogens is 275 g/mol. The lowest BCUT2D eigenvalue weighted by atomic mass is 9.79. The van der Waals surface area contributed by atoms with E-state index >= 15 is 0 Å². The maximum Gasteiger partial charge on any atom is 0.495 e. The Morgan fingerprint density at radius 2 is 1.80 bits per heavy atom. The number of rotatable bonds is 3. The molecule has 0 radical (unpaired) electrons. The van der Waals surface area contributed by atoms with E-state index in [1.807, 2.05) is 33.8 Å². The molecule has 1 fully saturated rings. The molecule has 1 unspecified atom stereocenters. The van der Waals surface area contributed by atoms with Crippen LogP contribution in [0.15, 0.2) is 12.1 Å². The van der Waals surface area contributed by atoms with Gasteiger partial charge in [0.1, 0.15) is 5.82 Å². The molecule has 110 valence electrons.